The molecule has 0 fully saturated rings. The van der Waals surface area contributed by atoms with Gasteiger partial charge in [-0.1, -0.05) is 12.5 Å². The van der Waals surface area contributed by atoms with Crippen molar-refractivity contribution in [3.63, 3.8) is 0 Å². The van der Waals surface area contributed by atoms with E-state index in [0.29, 0.717) is 18.3 Å². The first-order valence-electron chi connectivity index (χ1n) is 5.45. The van der Waals surface area contributed by atoms with Crippen LogP contribution in [0.25, 0.3) is 0 Å². The summed E-state index contributed by atoms with van der Waals surface area (Å²) in [5.74, 6) is 0.896. The Morgan fingerprint density at radius 3 is 2.60 bits per heavy atom. The third kappa shape index (κ3) is 3.06. The first-order valence-corrected chi connectivity index (χ1v) is 5.86. The average molecular weight is 226 g/mol. The minimum Gasteiger partial charge on any atom is -0.493 e. The van der Waals surface area contributed by atoms with E-state index >= 15 is 0 Å². The van der Waals surface area contributed by atoms with E-state index in [0.717, 1.165) is 24.2 Å². The van der Waals surface area contributed by atoms with Crippen LogP contribution < -0.4 is 0 Å². The van der Waals surface area contributed by atoms with Crippen LogP contribution in [0.5, 0.6) is 0 Å². The Labute approximate surface area is 97.0 Å². The molecule has 0 heterocycles. The molecule has 84 valence electrons. The van der Waals surface area contributed by atoms with Gasteiger partial charge in [-0.15, -0.1) is 0 Å². The zero-order chi connectivity index (χ0) is 11.3. The highest BCUT2D eigenvalue weighted by Gasteiger charge is 2.20. The zero-order valence-corrected chi connectivity index (χ0v) is 10.4. The molecule has 0 saturated carbocycles. The lowest BCUT2D eigenvalue weighted by Gasteiger charge is -2.09. The Hall–Kier alpha value is -0.830. The summed E-state index contributed by atoms with van der Waals surface area (Å²) < 4.78 is 10.9. The molecule has 0 radical (unpaired) electrons. The van der Waals surface area contributed by atoms with Gasteiger partial charge in [0.2, 0.25) is 0 Å². The fraction of sp³-hybridized carbons (Fsp3) is 0.583. The van der Waals surface area contributed by atoms with Crippen LogP contribution in [0.1, 0.15) is 33.6 Å². The largest absolute Gasteiger partial charge is 0.493 e. The van der Waals surface area contributed by atoms with Crippen LogP contribution in [-0.2, 0) is 9.47 Å². The van der Waals surface area contributed by atoms with Crippen molar-refractivity contribution in [1.29, 1.82) is 0 Å². The minimum atomic E-state index is 0.584. The Kier molecular flexibility index (Phi) is 4.82. The lowest BCUT2D eigenvalue weighted by Crippen LogP contribution is -2.07. The number of ether oxygens (including phenoxy) is 2. The van der Waals surface area contributed by atoms with E-state index in [-0.39, 0.29) is 0 Å². The second kappa shape index (κ2) is 5.91. The Morgan fingerprint density at radius 2 is 2.07 bits per heavy atom. The lowest BCUT2D eigenvalue weighted by molar-refractivity contribution is 0.240. The summed E-state index contributed by atoms with van der Waals surface area (Å²) in [5.41, 5.74) is 2.39. The van der Waals surface area contributed by atoms with Crippen LogP contribution >= 0.6 is 12.2 Å². The van der Waals surface area contributed by atoms with E-state index in [2.05, 4.69) is 13.0 Å². The molecule has 15 heavy (non-hydrogen) atoms. The number of hydrogen-bond donors (Lipinski definition) is 0. The maximum absolute atomic E-state index is 5.55. The van der Waals surface area contributed by atoms with E-state index in [4.69, 9.17) is 21.7 Å². The standard InChI is InChI=1S/C12H18O2S/c1-4-9-7-10(12(15)14-6-3)11(8-9)13-5-2/h8H,4-7H2,1-3H3. The first-order chi connectivity index (χ1) is 7.22. The topological polar surface area (TPSA) is 18.5 Å². The molecule has 1 rings (SSSR count). The van der Waals surface area contributed by atoms with Crippen molar-refractivity contribution in [3.8, 4) is 0 Å². The van der Waals surface area contributed by atoms with Crippen LogP contribution in [0.2, 0.25) is 0 Å². The summed E-state index contributed by atoms with van der Waals surface area (Å²) in [5, 5.41) is 0.584. The zero-order valence-electron chi connectivity index (χ0n) is 9.63. The third-order valence-corrected chi connectivity index (χ3v) is 2.68. The van der Waals surface area contributed by atoms with Crippen molar-refractivity contribution in [2.24, 2.45) is 0 Å². The van der Waals surface area contributed by atoms with Gasteiger partial charge in [-0.25, -0.2) is 0 Å². The second-order valence-electron chi connectivity index (χ2n) is 3.33. The number of rotatable bonds is 5. The van der Waals surface area contributed by atoms with Gasteiger partial charge in [0.05, 0.1) is 18.8 Å². The van der Waals surface area contributed by atoms with Gasteiger partial charge in [0.25, 0.3) is 0 Å². The van der Waals surface area contributed by atoms with Crippen LogP contribution in [0.4, 0.5) is 0 Å². The Bertz CT molecular complexity index is 303. The van der Waals surface area contributed by atoms with Crippen LogP contribution in [0.15, 0.2) is 23.0 Å². The van der Waals surface area contributed by atoms with Crippen molar-refractivity contribution in [3.05, 3.63) is 23.0 Å². The second-order valence-corrected chi connectivity index (χ2v) is 3.70. The van der Waals surface area contributed by atoms with E-state index in [1.165, 1.54) is 5.57 Å². The first kappa shape index (κ1) is 12.2. The molecule has 2 nitrogen and oxygen atoms in total. The molecule has 0 aromatic rings. The minimum absolute atomic E-state index is 0.584. The van der Waals surface area contributed by atoms with Gasteiger partial charge >= 0.3 is 0 Å². The van der Waals surface area contributed by atoms with Crippen molar-refractivity contribution >= 4 is 17.3 Å². The summed E-state index contributed by atoms with van der Waals surface area (Å²) in [6.07, 6.45) is 4.00. The molecule has 0 amide bonds. The van der Waals surface area contributed by atoms with Gasteiger partial charge in [-0.2, -0.15) is 0 Å². The molecule has 1 aliphatic rings. The van der Waals surface area contributed by atoms with E-state index in [9.17, 15) is 0 Å². The van der Waals surface area contributed by atoms with Crippen molar-refractivity contribution in [2.45, 2.75) is 33.6 Å². The van der Waals surface area contributed by atoms with Gasteiger partial charge < -0.3 is 9.47 Å². The van der Waals surface area contributed by atoms with Crippen molar-refractivity contribution in [2.75, 3.05) is 13.2 Å². The monoisotopic (exact) mass is 226 g/mol. The highest BCUT2D eigenvalue weighted by Crippen LogP contribution is 2.29. The molecule has 0 N–H and O–H groups in total. The maximum Gasteiger partial charge on any atom is 0.191 e. The number of thiocarbonyl (C=S) groups is 1. The molecule has 3 heteroatoms. The van der Waals surface area contributed by atoms with Crippen LogP contribution in [0.3, 0.4) is 0 Å². The number of allylic oxidation sites excluding steroid dienone is 2. The molecule has 0 unspecified atom stereocenters. The van der Waals surface area contributed by atoms with E-state index in [1.54, 1.807) is 0 Å². The van der Waals surface area contributed by atoms with Crippen molar-refractivity contribution < 1.29 is 9.47 Å². The summed E-state index contributed by atoms with van der Waals surface area (Å²) in [7, 11) is 0. The van der Waals surface area contributed by atoms with Gasteiger partial charge in [0.15, 0.2) is 5.05 Å². The van der Waals surface area contributed by atoms with Gasteiger partial charge in [0.1, 0.15) is 5.76 Å². The molecule has 0 saturated heterocycles. The molecule has 0 aliphatic heterocycles. The highest BCUT2D eigenvalue weighted by molar-refractivity contribution is 7.80. The molecular weight excluding hydrogens is 208 g/mol. The maximum atomic E-state index is 5.55. The van der Waals surface area contributed by atoms with E-state index < -0.39 is 0 Å². The van der Waals surface area contributed by atoms with Crippen molar-refractivity contribution in [1.82, 2.24) is 0 Å². The van der Waals surface area contributed by atoms with Crippen LogP contribution in [-0.4, -0.2) is 18.3 Å². The van der Waals surface area contributed by atoms with Gasteiger partial charge in [0, 0.05) is 6.42 Å². The molecule has 1 aliphatic carbocycles. The average Bonchev–Trinajstić information content (AvgIpc) is 2.62. The highest BCUT2D eigenvalue weighted by atomic mass is 32.1. The molecule has 0 spiro atoms. The van der Waals surface area contributed by atoms with Gasteiger partial charge in [-0.05, 0) is 38.6 Å². The summed E-state index contributed by atoms with van der Waals surface area (Å²) >= 11 is 5.21. The predicted octanol–water partition coefficient (Wildman–Crippen LogP) is 3.38. The molecule has 0 aromatic carbocycles. The normalized spacial score (nSPS) is 15.3. The molecular formula is C12H18O2S. The summed E-state index contributed by atoms with van der Waals surface area (Å²) in [6.45, 7) is 7.34. The quantitative estimate of drug-likeness (QED) is 0.670. The fourth-order valence-corrected chi connectivity index (χ4v) is 1.83. The smallest absolute Gasteiger partial charge is 0.191 e. The van der Waals surface area contributed by atoms with Gasteiger partial charge in [-0.3, -0.25) is 0 Å². The number of hydrogen-bond acceptors (Lipinski definition) is 3. The Balaban J connectivity index is 2.77. The lowest BCUT2D eigenvalue weighted by atomic mass is 10.1. The fourth-order valence-electron chi connectivity index (χ4n) is 1.54. The SMILES string of the molecule is CCOC(=S)C1=C(OCC)C=C(CC)C1. The van der Waals surface area contributed by atoms with E-state index in [1.807, 2.05) is 13.8 Å². The molecule has 0 aromatic heterocycles. The predicted molar refractivity (Wildman–Crippen MR) is 65.9 cm³/mol. The summed E-state index contributed by atoms with van der Waals surface area (Å²) in [4.78, 5) is 0. The molecule has 0 atom stereocenters. The van der Waals surface area contributed by atoms with Crippen LogP contribution in [0, 0.1) is 0 Å². The Morgan fingerprint density at radius 1 is 1.33 bits per heavy atom. The third-order valence-electron chi connectivity index (χ3n) is 2.31. The summed E-state index contributed by atoms with van der Waals surface area (Å²) in [6, 6.07) is 0. The molecule has 0 bridgehead atoms.